The summed E-state index contributed by atoms with van der Waals surface area (Å²) < 4.78 is 0. The lowest BCUT2D eigenvalue weighted by Gasteiger charge is -2.56. The van der Waals surface area contributed by atoms with Gasteiger partial charge in [-0.25, -0.2) is 0 Å². The van der Waals surface area contributed by atoms with Crippen molar-refractivity contribution < 1.29 is 9.90 Å². The number of rotatable bonds is 1. The second-order valence-corrected chi connectivity index (χ2v) is 8.55. The largest absolute Gasteiger partial charge is 0.377 e. The van der Waals surface area contributed by atoms with Crippen LogP contribution in [0, 0.1) is 41.4 Å². The van der Waals surface area contributed by atoms with Crippen molar-refractivity contribution >= 4 is 5.78 Å². The normalized spacial score (nSPS) is 47.3. The number of carbonyl (C=O) groups is 1. The van der Waals surface area contributed by atoms with Gasteiger partial charge in [-0.05, 0) is 74.7 Å². The first-order valence-corrected chi connectivity index (χ1v) is 9.57. The molecule has 0 saturated heterocycles. The van der Waals surface area contributed by atoms with Crippen LogP contribution in [0.1, 0.15) is 58.3 Å². The Bertz CT molecular complexity index is 666. The van der Waals surface area contributed by atoms with E-state index < -0.39 is 5.60 Å². The molecule has 1 N–H and O–H groups in total. The lowest BCUT2D eigenvalue weighted by Crippen LogP contribution is -2.54. The highest BCUT2D eigenvalue weighted by Gasteiger charge is 2.64. The number of terminal acetylenes is 1. The van der Waals surface area contributed by atoms with Crippen LogP contribution in [0.4, 0.5) is 0 Å². The summed E-state index contributed by atoms with van der Waals surface area (Å²) >= 11 is 0. The van der Waals surface area contributed by atoms with Gasteiger partial charge in [0.25, 0.3) is 0 Å². The molecule has 4 rings (SSSR count). The molecule has 3 fully saturated rings. The van der Waals surface area contributed by atoms with Crippen molar-refractivity contribution in [1.29, 1.82) is 0 Å². The van der Waals surface area contributed by atoms with Gasteiger partial charge >= 0.3 is 0 Å². The number of carbonyl (C=O) groups excluding carboxylic acids is 1. The Morgan fingerprint density at radius 1 is 1.38 bits per heavy atom. The van der Waals surface area contributed by atoms with E-state index in [2.05, 4.69) is 19.4 Å². The molecular formula is C22H28O2. The van der Waals surface area contributed by atoms with E-state index in [0.717, 1.165) is 44.9 Å². The predicted molar refractivity (Wildman–Crippen MR) is 95.0 cm³/mol. The first-order valence-electron chi connectivity index (χ1n) is 9.57. The zero-order valence-electron chi connectivity index (χ0n) is 14.7. The number of allylic oxidation sites excluding steroid dienone is 2. The predicted octanol–water partition coefficient (Wildman–Crippen LogP) is 4.05. The Labute approximate surface area is 145 Å². The summed E-state index contributed by atoms with van der Waals surface area (Å²) in [6.07, 6.45) is 15.1. The second-order valence-electron chi connectivity index (χ2n) is 8.55. The highest BCUT2D eigenvalue weighted by Crippen LogP contribution is 2.67. The van der Waals surface area contributed by atoms with Gasteiger partial charge in [0.2, 0.25) is 0 Å². The maximum atomic E-state index is 11.8. The Morgan fingerprint density at radius 3 is 2.88 bits per heavy atom. The Kier molecular flexibility index (Phi) is 3.59. The van der Waals surface area contributed by atoms with Crippen molar-refractivity contribution in [1.82, 2.24) is 0 Å². The van der Waals surface area contributed by atoms with Gasteiger partial charge < -0.3 is 5.11 Å². The molecule has 6 atom stereocenters. The third-order valence-corrected chi connectivity index (χ3v) is 7.94. The fourth-order valence-electron chi connectivity index (χ4n) is 6.90. The molecule has 0 heterocycles. The van der Waals surface area contributed by atoms with Crippen molar-refractivity contribution in [3.63, 3.8) is 0 Å². The van der Waals surface area contributed by atoms with Gasteiger partial charge in [-0.2, -0.15) is 0 Å². The molecule has 0 amide bonds. The molecule has 0 aliphatic heterocycles. The topological polar surface area (TPSA) is 37.3 Å². The van der Waals surface area contributed by atoms with E-state index in [1.54, 1.807) is 0 Å². The van der Waals surface area contributed by atoms with Gasteiger partial charge in [-0.15, -0.1) is 6.42 Å². The average Bonchev–Trinajstić information content (AvgIpc) is 2.88. The molecule has 3 saturated carbocycles. The van der Waals surface area contributed by atoms with Crippen LogP contribution in [-0.2, 0) is 4.79 Å². The van der Waals surface area contributed by atoms with Crippen LogP contribution < -0.4 is 0 Å². The van der Waals surface area contributed by atoms with Crippen LogP contribution in [0.5, 0.6) is 0 Å². The number of aliphatic hydroxyl groups is 1. The van der Waals surface area contributed by atoms with Gasteiger partial charge in [0, 0.05) is 11.8 Å². The minimum atomic E-state index is -0.973. The molecule has 0 spiro atoms. The van der Waals surface area contributed by atoms with Gasteiger partial charge in [0.15, 0.2) is 5.78 Å². The molecule has 4 aliphatic rings. The Morgan fingerprint density at radius 2 is 2.17 bits per heavy atom. The van der Waals surface area contributed by atoms with Crippen LogP contribution in [0.15, 0.2) is 23.8 Å². The van der Waals surface area contributed by atoms with Crippen molar-refractivity contribution in [2.24, 2.45) is 29.1 Å². The molecule has 2 heteroatoms. The molecule has 5 unspecified atom stereocenters. The van der Waals surface area contributed by atoms with Crippen LogP contribution in [-0.4, -0.2) is 16.5 Å². The van der Waals surface area contributed by atoms with E-state index in [0.29, 0.717) is 35.9 Å². The fraction of sp³-hybridized carbons (Fsp3) is 0.682. The van der Waals surface area contributed by atoms with Crippen LogP contribution >= 0.6 is 0 Å². The molecular weight excluding hydrogens is 296 g/mol. The van der Waals surface area contributed by atoms with Gasteiger partial charge in [-0.3, -0.25) is 4.79 Å². The van der Waals surface area contributed by atoms with E-state index in [9.17, 15) is 9.90 Å². The molecule has 0 aromatic carbocycles. The third-order valence-electron chi connectivity index (χ3n) is 7.94. The zero-order chi connectivity index (χ0) is 17.1. The minimum absolute atomic E-state index is 0.189. The first kappa shape index (κ1) is 16.2. The summed E-state index contributed by atoms with van der Waals surface area (Å²) in [4.78, 5) is 11.8. The molecule has 24 heavy (non-hydrogen) atoms. The highest BCUT2D eigenvalue weighted by atomic mass is 16.3. The molecule has 0 aromatic rings. The summed E-state index contributed by atoms with van der Waals surface area (Å²) in [5, 5.41) is 11.2. The number of hydrogen-bond donors (Lipinski definition) is 1. The smallest absolute Gasteiger partial charge is 0.155 e. The highest BCUT2D eigenvalue weighted by molar-refractivity contribution is 5.91. The summed E-state index contributed by atoms with van der Waals surface area (Å²) in [6.45, 7) is 6.65. The summed E-state index contributed by atoms with van der Waals surface area (Å²) in [5.41, 5.74) is 1.48. The molecule has 128 valence electrons. The van der Waals surface area contributed by atoms with E-state index in [1.807, 2.05) is 6.08 Å². The van der Waals surface area contributed by atoms with Gasteiger partial charge in [0.1, 0.15) is 5.60 Å². The van der Waals surface area contributed by atoms with Crippen molar-refractivity contribution in [2.45, 2.75) is 63.9 Å². The third kappa shape index (κ3) is 1.91. The number of fused-ring (bicyclic) bond motifs is 5. The quantitative estimate of drug-likeness (QED) is 0.583. The molecule has 0 bridgehead atoms. The summed E-state index contributed by atoms with van der Waals surface area (Å²) in [5.74, 6) is 5.13. The SMILES string of the molecule is C#CC1(O)CCC2C3CCC4=CC(=O)CCC4C3C(=C)C[C@]21CC. The Hall–Kier alpha value is -1.33. The zero-order valence-corrected chi connectivity index (χ0v) is 14.7. The van der Waals surface area contributed by atoms with Crippen molar-refractivity contribution in [3.8, 4) is 12.3 Å². The van der Waals surface area contributed by atoms with Crippen molar-refractivity contribution in [3.05, 3.63) is 23.8 Å². The van der Waals surface area contributed by atoms with Gasteiger partial charge in [-0.1, -0.05) is 30.6 Å². The summed E-state index contributed by atoms with van der Waals surface area (Å²) in [7, 11) is 0. The van der Waals surface area contributed by atoms with E-state index in [-0.39, 0.29) is 5.41 Å². The van der Waals surface area contributed by atoms with Crippen LogP contribution in [0.2, 0.25) is 0 Å². The minimum Gasteiger partial charge on any atom is -0.377 e. The number of hydrogen-bond acceptors (Lipinski definition) is 2. The van der Waals surface area contributed by atoms with Crippen molar-refractivity contribution in [2.75, 3.05) is 0 Å². The molecule has 0 aromatic heterocycles. The van der Waals surface area contributed by atoms with Gasteiger partial charge in [0.05, 0.1) is 0 Å². The molecule has 0 radical (unpaired) electrons. The van der Waals surface area contributed by atoms with Crippen LogP contribution in [0.3, 0.4) is 0 Å². The van der Waals surface area contributed by atoms with E-state index in [1.165, 1.54) is 11.1 Å². The Balaban J connectivity index is 1.74. The lowest BCUT2D eigenvalue weighted by molar-refractivity contribution is -0.116. The standard InChI is InChI=1S/C22H28O2/c1-4-21-13-14(3)20-17-9-7-16(23)12-15(17)6-8-18(20)19(21)10-11-22(21,24)5-2/h2,12,17-20,24H,3-4,6-11,13H2,1H3/t17?,18?,19?,20?,21-,22?/m1/s1. The molecule has 4 aliphatic carbocycles. The van der Waals surface area contributed by atoms with E-state index in [4.69, 9.17) is 6.42 Å². The number of ketones is 1. The first-order chi connectivity index (χ1) is 11.5. The van der Waals surface area contributed by atoms with E-state index >= 15 is 0 Å². The maximum Gasteiger partial charge on any atom is 0.155 e. The molecule has 2 nitrogen and oxygen atoms in total. The van der Waals surface area contributed by atoms with Crippen LogP contribution in [0.25, 0.3) is 0 Å². The fourth-order valence-corrected chi connectivity index (χ4v) is 6.90. The lowest BCUT2D eigenvalue weighted by atomic mass is 9.48. The maximum absolute atomic E-state index is 11.8. The summed E-state index contributed by atoms with van der Waals surface area (Å²) in [6, 6.07) is 0. The monoisotopic (exact) mass is 324 g/mol. The average molecular weight is 324 g/mol. The second kappa shape index (κ2) is 5.33.